The molecule has 0 atom stereocenters. The van der Waals surface area contributed by atoms with Gasteiger partial charge in [0.1, 0.15) is 11.6 Å². The summed E-state index contributed by atoms with van der Waals surface area (Å²) in [6.45, 7) is 0.120. The molecule has 0 aromatic heterocycles. The zero-order chi connectivity index (χ0) is 20.2. The summed E-state index contributed by atoms with van der Waals surface area (Å²) in [6, 6.07) is 17.1. The highest BCUT2D eigenvalue weighted by atomic mass is 19.1. The number of benzene rings is 3. The molecular formula is C23H15FO5. The lowest BCUT2D eigenvalue weighted by Crippen LogP contribution is -2.08. The van der Waals surface area contributed by atoms with E-state index >= 15 is 0 Å². The van der Waals surface area contributed by atoms with Gasteiger partial charge < -0.3 is 14.2 Å². The van der Waals surface area contributed by atoms with Crippen molar-refractivity contribution >= 4 is 17.8 Å². The molecule has 0 saturated heterocycles. The second-order valence-electron chi connectivity index (χ2n) is 6.20. The van der Waals surface area contributed by atoms with Gasteiger partial charge in [-0.1, -0.05) is 18.2 Å². The molecule has 1 aliphatic rings. The molecule has 0 saturated carbocycles. The van der Waals surface area contributed by atoms with Crippen LogP contribution in [0.3, 0.4) is 0 Å². The van der Waals surface area contributed by atoms with Crippen LogP contribution in [0.25, 0.3) is 6.08 Å². The molecule has 0 N–H and O–H groups in total. The Labute approximate surface area is 166 Å². The van der Waals surface area contributed by atoms with Gasteiger partial charge in [-0.15, -0.1) is 0 Å². The molecule has 0 radical (unpaired) electrons. The number of esters is 1. The van der Waals surface area contributed by atoms with Crippen LogP contribution in [0.2, 0.25) is 0 Å². The number of halogens is 1. The smallest absolute Gasteiger partial charge is 0.343 e. The first-order valence-electron chi connectivity index (χ1n) is 8.79. The van der Waals surface area contributed by atoms with Crippen LogP contribution < -0.4 is 14.2 Å². The van der Waals surface area contributed by atoms with Crippen molar-refractivity contribution in [2.24, 2.45) is 0 Å². The van der Waals surface area contributed by atoms with E-state index in [1.165, 1.54) is 42.5 Å². The Bertz CT molecular complexity index is 1100. The number of fused-ring (bicyclic) bond motifs is 1. The number of allylic oxidation sites excluding steroid dienone is 1. The molecule has 144 valence electrons. The van der Waals surface area contributed by atoms with Gasteiger partial charge >= 0.3 is 5.97 Å². The summed E-state index contributed by atoms with van der Waals surface area (Å²) in [5.74, 6) is 0.114. The molecule has 1 aliphatic heterocycles. The summed E-state index contributed by atoms with van der Waals surface area (Å²) < 4.78 is 29.4. The lowest BCUT2D eigenvalue weighted by atomic mass is 10.1. The first-order chi connectivity index (χ1) is 14.1. The minimum atomic E-state index is -0.554. The van der Waals surface area contributed by atoms with Gasteiger partial charge in [0.25, 0.3) is 0 Å². The second-order valence-corrected chi connectivity index (χ2v) is 6.20. The van der Waals surface area contributed by atoms with Gasteiger partial charge in [0.2, 0.25) is 6.79 Å². The Morgan fingerprint density at radius 3 is 2.41 bits per heavy atom. The Balaban J connectivity index is 1.42. The van der Waals surface area contributed by atoms with Crippen molar-refractivity contribution in [1.29, 1.82) is 0 Å². The van der Waals surface area contributed by atoms with E-state index in [4.69, 9.17) is 14.2 Å². The van der Waals surface area contributed by atoms with Gasteiger partial charge in [-0.2, -0.15) is 0 Å². The molecule has 29 heavy (non-hydrogen) atoms. The van der Waals surface area contributed by atoms with Crippen molar-refractivity contribution in [2.75, 3.05) is 6.79 Å². The first kappa shape index (κ1) is 18.4. The number of carbonyl (C=O) groups is 2. The second kappa shape index (κ2) is 7.98. The molecule has 0 bridgehead atoms. The van der Waals surface area contributed by atoms with E-state index in [1.54, 1.807) is 36.4 Å². The predicted molar refractivity (Wildman–Crippen MR) is 104 cm³/mol. The zero-order valence-corrected chi connectivity index (χ0v) is 15.1. The van der Waals surface area contributed by atoms with Gasteiger partial charge in [-0.05, 0) is 60.7 Å². The van der Waals surface area contributed by atoms with E-state index in [0.717, 1.165) is 0 Å². The van der Waals surface area contributed by atoms with Crippen LogP contribution in [-0.4, -0.2) is 18.5 Å². The number of carbonyl (C=O) groups excluding carboxylic acids is 2. The maximum absolute atomic E-state index is 13.6. The van der Waals surface area contributed by atoms with Gasteiger partial charge in [0.05, 0.1) is 5.56 Å². The molecule has 4 rings (SSSR count). The van der Waals surface area contributed by atoms with Crippen molar-refractivity contribution in [2.45, 2.75) is 0 Å². The van der Waals surface area contributed by atoms with Crippen molar-refractivity contribution in [3.63, 3.8) is 0 Å². The molecule has 3 aromatic rings. The van der Waals surface area contributed by atoms with Gasteiger partial charge in [-0.25, -0.2) is 9.18 Å². The summed E-state index contributed by atoms with van der Waals surface area (Å²) in [4.78, 5) is 24.5. The molecule has 0 unspecified atom stereocenters. The molecule has 0 amide bonds. The summed E-state index contributed by atoms with van der Waals surface area (Å²) in [6.07, 6.45) is 2.72. The molecule has 5 nitrogen and oxygen atoms in total. The van der Waals surface area contributed by atoms with Crippen LogP contribution in [0.15, 0.2) is 72.8 Å². The number of hydrogen-bond donors (Lipinski definition) is 0. The normalized spacial score (nSPS) is 12.2. The Hall–Kier alpha value is -3.93. The van der Waals surface area contributed by atoms with Crippen LogP contribution in [0, 0.1) is 5.82 Å². The van der Waals surface area contributed by atoms with Crippen molar-refractivity contribution in [3.05, 3.63) is 95.3 Å². The van der Waals surface area contributed by atoms with E-state index in [0.29, 0.717) is 33.9 Å². The molecule has 1 heterocycles. The molecule has 6 heteroatoms. The summed E-state index contributed by atoms with van der Waals surface area (Å²) in [5, 5.41) is 0. The van der Waals surface area contributed by atoms with Gasteiger partial charge in [0, 0.05) is 11.1 Å². The number of ether oxygens (including phenoxy) is 3. The van der Waals surface area contributed by atoms with E-state index in [2.05, 4.69) is 0 Å². The molecule has 0 spiro atoms. The summed E-state index contributed by atoms with van der Waals surface area (Å²) in [5.41, 5.74) is 1.04. The number of hydrogen-bond acceptors (Lipinski definition) is 5. The van der Waals surface area contributed by atoms with Crippen LogP contribution in [-0.2, 0) is 0 Å². The molecule has 3 aromatic carbocycles. The van der Waals surface area contributed by atoms with Crippen molar-refractivity contribution in [1.82, 2.24) is 0 Å². The minimum absolute atomic E-state index is 0.120. The minimum Gasteiger partial charge on any atom is -0.454 e. The van der Waals surface area contributed by atoms with Crippen molar-refractivity contribution in [3.8, 4) is 17.2 Å². The average molecular weight is 390 g/mol. The molecular weight excluding hydrogens is 375 g/mol. The Kier molecular flexibility index (Phi) is 5.07. The van der Waals surface area contributed by atoms with E-state index in [-0.39, 0.29) is 12.6 Å². The third-order valence-corrected chi connectivity index (χ3v) is 4.28. The third kappa shape index (κ3) is 4.16. The number of ketones is 1. The van der Waals surface area contributed by atoms with E-state index < -0.39 is 11.8 Å². The van der Waals surface area contributed by atoms with Crippen LogP contribution in [0.5, 0.6) is 17.2 Å². The molecule has 0 fully saturated rings. The predicted octanol–water partition coefficient (Wildman–Crippen LogP) is 4.67. The third-order valence-electron chi connectivity index (χ3n) is 4.28. The quantitative estimate of drug-likeness (QED) is 0.274. The first-order valence-corrected chi connectivity index (χ1v) is 8.79. The summed E-state index contributed by atoms with van der Waals surface area (Å²) >= 11 is 0. The Morgan fingerprint density at radius 1 is 0.897 bits per heavy atom. The topological polar surface area (TPSA) is 61.8 Å². The Morgan fingerprint density at radius 2 is 1.62 bits per heavy atom. The molecule has 0 aliphatic carbocycles. The fraction of sp³-hybridized carbons (Fsp3) is 0.0435. The lowest BCUT2D eigenvalue weighted by Gasteiger charge is -2.06. The average Bonchev–Trinajstić information content (AvgIpc) is 3.21. The van der Waals surface area contributed by atoms with Gasteiger partial charge in [-0.3, -0.25) is 4.79 Å². The highest BCUT2D eigenvalue weighted by molar-refractivity contribution is 6.06. The van der Waals surface area contributed by atoms with E-state index in [9.17, 15) is 14.0 Å². The highest BCUT2D eigenvalue weighted by Crippen LogP contribution is 2.32. The fourth-order valence-corrected chi connectivity index (χ4v) is 2.75. The lowest BCUT2D eigenvalue weighted by molar-refractivity contribution is 0.0734. The maximum atomic E-state index is 13.6. The SMILES string of the molecule is O=C(C=Cc1ccccc1F)c1ccc(OC(=O)c2ccc3c(c2)OCO3)cc1. The van der Waals surface area contributed by atoms with Crippen molar-refractivity contribution < 1.29 is 28.2 Å². The van der Waals surface area contributed by atoms with E-state index in [1.807, 2.05) is 0 Å². The van der Waals surface area contributed by atoms with Crippen LogP contribution in [0.4, 0.5) is 4.39 Å². The fourth-order valence-electron chi connectivity index (χ4n) is 2.75. The zero-order valence-electron chi connectivity index (χ0n) is 15.1. The maximum Gasteiger partial charge on any atom is 0.343 e. The van der Waals surface area contributed by atoms with Crippen LogP contribution in [0.1, 0.15) is 26.3 Å². The largest absolute Gasteiger partial charge is 0.454 e. The highest BCUT2D eigenvalue weighted by Gasteiger charge is 2.17. The summed E-state index contributed by atoms with van der Waals surface area (Å²) in [7, 11) is 0. The van der Waals surface area contributed by atoms with Crippen LogP contribution >= 0.6 is 0 Å². The number of rotatable bonds is 5. The monoisotopic (exact) mass is 390 g/mol. The van der Waals surface area contributed by atoms with Gasteiger partial charge in [0.15, 0.2) is 17.3 Å². The standard InChI is InChI=1S/C23H15FO5/c24-19-4-2-1-3-15(19)7-11-20(25)16-5-9-18(10-6-16)29-23(26)17-8-12-21-22(13-17)28-14-27-21/h1-13H,14H2.